The number of amides is 1. The lowest BCUT2D eigenvalue weighted by molar-refractivity contribution is -0.139. The van der Waals surface area contributed by atoms with Gasteiger partial charge in [0.15, 0.2) is 0 Å². The van der Waals surface area contributed by atoms with Gasteiger partial charge >= 0.3 is 0 Å². The molecular formula is C7H11N2O. The molecule has 0 aromatic carbocycles. The van der Waals surface area contributed by atoms with Crippen molar-refractivity contribution in [3.8, 4) is 0 Å². The van der Waals surface area contributed by atoms with E-state index in [0.717, 1.165) is 0 Å². The summed E-state index contributed by atoms with van der Waals surface area (Å²) < 4.78 is 0. The molecule has 0 fully saturated rings. The molecule has 0 aromatic heterocycles. The molecule has 1 heterocycles. The van der Waals surface area contributed by atoms with E-state index in [-0.39, 0.29) is 11.3 Å². The van der Waals surface area contributed by atoms with Gasteiger partial charge in [0.05, 0.1) is 11.6 Å². The van der Waals surface area contributed by atoms with Crippen molar-refractivity contribution >= 4 is 12.1 Å². The van der Waals surface area contributed by atoms with Crippen LogP contribution in [0, 0.1) is 5.41 Å². The Bertz CT molecular complexity index is 184. The molecule has 55 valence electrons. The van der Waals surface area contributed by atoms with Crippen LogP contribution in [0.5, 0.6) is 0 Å². The standard InChI is InChI=1S/C7H11N2O/c1-7(2)4-5-8-9(3)6(7)10/h4H2,1-3H3. The predicted molar refractivity (Wildman–Crippen MR) is 38.6 cm³/mol. The molecule has 1 aliphatic rings. The van der Waals surface area contributed by atoms with Crippen molar-refractivity contribution in [3.05, 3.63) is 0 Å². The van der Waals surface area contributed by atoms with E-state index in [0.29, 0.717) is 6.42 Å². The summed E-state index contributed by atoms with van der Waals surface area (Å²) in [6.45, 7) is 3.79. The molecule has 0 saturated heterocycles. The molecule has 10 heavy (non-hydrogen) atoms. The Kier molecular flexibility index (Phi) is 1.50. The van der Waals surface area contributed by atoms with Gasteiger partial charge in [-0.15, -0.1) is 0 Å². The summed E-state index contributed by atoms with van der Waals surface area (Å²) in [5.41, 5.74) is -0.309. The van der Waals surface area contributed by atoms with Crippen molar-refractivity contribution in [1.29, 1.82) is 0 Å². The van der Waals surface area contributed by atoms with Crippen LogP contribution in [0.1, 0.15) is 20.3 Å². The molecule has 1 rings (SSSR count). The average Bonchev–Trinajstić information content (AvgIpc) is 1.83. The highest BCUT2D eigenvalue weighted by Gasteiger charge is 2.32. The third-order valence-electron chi connectivity index (χ3n) is 1.61. The van der Waals surface area contributed by atoms with Crippen molar-refractivity contribution in [2.24, 2.45) is 10.5 Å². The van der Waals surface area contributed by atoms with Crippen LogP contribution in [0.15, 0.2) is 5.10 Å². The van der Waals surface area contributed by atoms with Crippen LogP contribution in [-0.4, -0.2) is 24.2 Å². The number of nitrogens with zero attached hydrogens (tertiary/aromatic N) is 2. The van der Waals surface area contributed by atoms with Gasteiger partial charge < -0.3 is 0 Å². The highest BCUT2D eigenvalue weighted by atomic mass is 16.2. The van der Waals surface area contributed by atoms with Crippen LogP contribution in [0.25, 0.3) is 0 Å². The summed E-state index contributed by atoms with van der Waals surface area (Å²) in [4.78, 5) is 11.2. The van der Waals surface area contributed by atoms with E-state index in [2.05, 4.69) is 11.3 Å². The quantitative estimate of drug-likeness (QED) is 0.487. The van der Waals surface area contributed by atoms with Crippen molar-refractivity contribution in [3.63, 3.8) is 0 Å². The van der Waals surface area contributed by atoms with E-state index >= 15 is 0 Å². The topological polar surface area (TPSA) is 32.7 Å². The van der Waals surface area contributed by atoms with E-state index in [1.54, 1.807) is 7.05 Å². The van der Waals surface area contributed by atoms with Crippen LogP contribution < -0.4 is 0 Å². The van der Waals surface area contributed by atoms with Crippen molar-refractivity contribution in [1.82, 2.24) is 5.01 Å². The highest BCUT2D eigenvalue weighted by molar-refractivity contribution is 5.87. The summed E-state index contributed by atoms with van der Waals surface area (Å²) in [5, 5.41) is 5.08. The number of carbonyl (C=O) groups is 1. The second-order valence-corrected chi connectivity index (χ2v) is 3.15. The maximum Gasteiger partial charge on any atom is 0.248 e. The summed E-state index contributed by atoms with van der Waals surface area (Å²) in [6, 6.07) is 0. The predicted octanol–water partition coefficient (Wildman–Crippen LogP) is 0.738. The molecule has 1 aliphatic heterocycles. The number of hydrogen-bond acceptors (Lipinski definition) is 2. The van der Waals surface area contributed by atoms with Crippen LogP contribution >= 0.6 is 0 Å². The van der Waals surface area contributed by atoms with Gasteiger partial charge in [-0.05, 0) is 0 Å². The third-order valence-corrected chi connectivity index (χ3v) is 1.61. The van der Waals surface area contributed by atoms with Gasteiger partial charge in [0.2, 0.25) is 5.91 Å². The molecule has 0 bridgehead atoms. The Balaban J connectivity index is 2.85. The van der Waals surface area contributed by atoms with Gasteiger partial charge in [-0.25, -0.2) is 5.01 Å². The van der Waals surface area contributed by atoms with Crippen LogP contribution in [0.3, 0.4) is 0 Å². The lowest BCUT2D eigenvalue weighted by Gasteiger charge is -2.28. The fourth-order valence-electron chi connectivity index (χ4n) is 0.898. The fourth-order valence-corrected chi connectivity index (χ4v) is 0.898. The summed E-state index contributed by atoms with van der Waals surface area (Å²) >= 11 is 0. The minimum atomic E-state index is -0.309. The maximum atomic E-state index is 11.2. The second-order valence-electron chi connectivity index (χ2n) is 3.15. The van der Waals surface area contributed by atoms with Crippen molar-refractivity contribution in [2.75, 3.05) is 7.05 Å². The Morgan fingerprint density at radius 2 is 2.30 bits per heavy atom. The Labute approximate surface area is 60.7 Å². The van der Waals surface area contributed by atoms with Gasteiger partial charge in [-0.3, -0.25) is 4.79 Å². The Hall–Kier alpha value is -0.860. The summed E-state index contributed by atoms with van der Waals surface area (Å²) in [6.07, 6.45) is 3.41. The molecule has 0 saturated carbocycles. The highest BCUT2D eigenvalue weighted by Crippen LogP contribution is 2.24. The first-order chi connectivity index (χ1) is 4.54. The Morgan fingerprint density at radius 1 is 1.70 bits per heavy atom. The largest absolute Gasteiger partial charge is 0.272 e. The SMILES string of the molecule is CN1N=[C]CC(C)(C)C1=O. The first-order valence-corrected chi connectivity index (χ1v) is 3.26. The van der Waals surface area contributed by atoms with Crippen LogP contribution in [0.4, 0.5) is 0 Å². The molecule has 0 aromatic rings. The van der Waals surface area contributed by atoms with E-state index in [4.69, 9.17) is 0 Å². The molecule has 0 spiro atoms. The van der Waals surface area contributed by atoms with E-state index in [1.165, 1.54) is 5.01 Å². The lowest BCUT2D eigenvalue weighted by Crippen LogP contribution is -2.38. The number of carbonyl (C=O) groups excluding carboxylic acids is 1. The van der Waals surface area contributed by atoms with Gasteiger partial charge in [-0.2, -0.15) is 5.10 Å². The van der Waals surface area contributed by atoms with Gasteiger partial charge in [0.1, 0.15) is 0 Å². The van der Waals surface area contributed by atoms with E-state index < -0.39 is 0 Å². The summed E-state index contributed by atoms with van der Waals surface area (Å²) in [5.74, 6) is 0.0613. The number of rotatable bonds is 0. The molecule has 1 amide bonds. The van der Waals surface area contributed by atoms with E-state index in [9.17, 15) is 4.79 Å². The molecule has 3 heteroatoms. The van der Waals surface area contributed by atoms with Gasteiger partial charge in [0, 0.05) is 13.5 Å². The lowest BCUT2D eigenvalue weighted by atomic mass is 9.88. The second kappa shape index (κ2) is 2.08. The minimum absolute atomic E-state index is 0.0613. The summed E-state index contributed by atoms with van der Waals surface area (Å²) in [7, 11) is 1.65. The zero-order valence-electron chi connectivity index (χ0n) is 6.51. The van der Waals surface area contributed by atoms with Gasteiger partial charge in [0.25, 0.3) is 0 Å². The molecule has 0 atom stereocenters. The van der Waals surface area contributed by atoms with Crippen LogP contribution in [0.2, 0.25) is 0 Å². The first-order valence-electron chi connectivity index (χ1n) is 3.26. The van der Waals surface area contributed by atoms with Crippen molar-refractivity contribution in [2.45, 2.75) is 20.3 Å². The Morgan fingerprint density at radius 3 is 2.70 bits per heavy atom. The molecular weight excluding hydrogens is 128 g/mol. The zero-order valence-corrected chi connectivity index (χ0v) is 6.51. The fraction of sp³-hybridized carbons (Fsp3) is 0.714. The third kappa shape index (κ3) is 1.03. The smallest absolute Gasteiger partial charge is 0.248 e. The minimum Gasteiger partial charge on any atom is -0.272 e. The monoisotopic (exact) mass is 139 g/mol. The average molecular weight is 139 g/mol. The normalized spacial score (nSPS) is 23.5. The van der Waals surface area contributed by atoms with Gasteiger partial charge in [-0.1, -0.05) is 13.8 Å². The van der Waals surface area contributed by atoms with Crippen LogP contribution in [-0.2, 0) is 4.79 Å². The molecule has 0 N–H and O–H groups in total. The molecule has 3 nitrogen and oxygen atoms in total. The molecule has 0 aliphatic carbocycles. The first kappa shape index (κ1) is 7.25. The zero-order chi connectivity index (χ0) is 7.78. The number of hydrogen-bond donors (Lipinski definition) is 0. The maximum absolute atomic E-state index is 11.2. The van der Waals surface area contributed by atoms with Crippen molar-refractivity contribution < 1.29 is 4.79 Å². The van der Waals surface area contributed by atoms with E-state index in [1.807, 2.05) is 13.8 Å². The molecule has 0 unspecified atom stereocenters. The molecule has 1 radical (unpaired) electrons. The number of hydrazone groups is 1.